The molecule has 92 valence electrons. The highest BCUT2D eigenvalue weighted by Crippen LogP contribution is 2.30. The van der Waals surface area contributed by atoms with Crippen LogP contribution in [0.3, 0.4) is 0 Å². The van der Waals surface area contributed by atoms with Gasteiger partial charge < -0.3 is 14.7 Å². The molecule has 1 aromatic rings. The molecule has 0 aliphatic carbocycles. The van der Waals surface area contributed by atoms with E-state index in [4.69, 9.17) is 4.52 Å². The van der Waals surface area contributed by atoms with Gasteiger partial charge >= 0.3 is 6.03 Å². The molecule has 0 bridgehead atoms. The second-order valence-electron chi connectivity index (χ2n) is 4.62. The Hall–Kier alpha value is -1.56. The van der Waals surface area contributed by atoms with Gasteiger partial charge in [0, 0.05) is 26.2 Å². The first kappa shape index (κ1) is 10.6. The van der Waals surface area contributed by atoms with Crippen LogP contribution < -0.4 is 10.2 Å². The number of fused-ring (bicyclic) bond motifs is 1. The van der Waals surface area contributed by atoms with Crippen molar-refractivity contribution in [2.45, 2.75) is 19.9 Å². The molecule has 0 aromatic carbocycles. The molecule has 17 heavy (non-hydrogen) atoms. The van der Waals surface area contributed by atoms with Gasteiger partial charge in [-0.05, 0) is 13.8 Å². The summed E-state index contributed by atoms with van der Waals surface area (Å²) < 4.78 is 5.13. The minimum atomic E-state index is 0.0749. The molecule has 0 saturated carbocycles. The molecule has 1 atom stereocenters. The van der Waals surface area contributed by atoms with Crippen LogP contribution in [0.15, 0.2) is 4.52 Å². The van der Waals surface area contributed by atoms with Crippen molar-refractivity contribution in [3.8, 4) is 0 Å². The number of piperazine rings is 1. The van der Waals surface area contributed by atoms with Crippen molar-refractivity contribution in [2.24, 2.45) is 0 Å². The Bertz CT molecular complexity index is 437. The van der Waals surface area contributed by atoms with Gasteiger partial charge in [-0.15, -0.1) is 0 Å². The van der Waals surface area contributed by atoms with Gasteiger partial charge in [0.2, 0.25) is 0 Å². The van der Waals surface area contributed by atoms with Crippen LogP contribution in [0.4, 0.5) is 10.5 Å². The molecule has 0 spiro atoms. The third-order valence-electron chi connectivity index (χ3n) is 3.49. The molecule has 2 aliphatic rings. The van der Waals surface area contributed by atoms with Crippen molar-refractivity contribution in [1.29, 1.82) is 0 Å². The summed E-state index contributed by atoms with van der Waals surface area (Å²) in [4.78, 5) is 16.0. The molecule has 2 saturated heterocycles. The van der Waals surface area contributed by atoms with E-state index in [9.17, 15) is 4.79 Å². The Morgan fingerprint density at radius 3 is 2.94 bits per heavy atom. The third-order valence-corrected chi connectivity index (χ3v) is 3.49. The van der Waals surface area contributed by atoms with Crippen molar-refractivity contribution in [3.05, 3.63) is 11.5 Å². The number of nitrogens with zero attached hydrogens (tertiary/aromatic N) is 3. The number of amides is 2. The second-order valence-corrected chi connectivity index (χ2v) is 4.62. The van der Waals surface area contributed by atoms with Crippen LogP contribution in [0.5, 0.6) is 0 Å². The van der Waals surface area contributed by atoms with Crippen LogP contribution in [-0.2, 0) is 0 Å². The minimum absolute atomic E-state index is 0.0749. The summed E-state index contributed by atoms with van der Waals surface area (Å²) in [5.74, 6) is 0.712. The second kappa shape index (κ2) is 3.73. The highest BCUT2D eigenvalue weighted by atomic mass is 16.5. The van der Waals surface area contributed by atoms with Crippen LogP contribution in [0.25, 0.3) is 0 Å². The number of hydrogen-bond donors (Lipinski definition) is 1. The molecule has 1 N–H and O–H groups in total. The molecular weight excluding hydrogens is 220 g/mol. The van der Waals surface area contributed by atoms with Crippen molar-refractivity contribution in [2.75, 3.05) is 31.1 Å². The van der Waals surface area contributed by atoms with Crippen LogP contribution in [0.1, 0.15) is 11.5 Å². The van der Waals surface area contributed by atoms with Gasteiger partial charge in [-0.2, -0.15) is 0 Å². The fraction of sp³-hybridized carbons (Fsp3) is 0.636. The highest BCUT2D eigenvalue weighted by Gasteiger charge is 2.40. The molecule has 2 fully saturated rings. The van der Waals surface area contributed by atoms with E-state index in [1.54, 1.807) is 4.90 Å². The Labute approximate surface area is 99.5 Å². The first-order valence-electron chi connectivity index (χ1n) is 5.90. The zero-order chi connectivity index (χ0) is 12.0. The van der Waals surface area contributed by atoms with E-state index in [0.717, 1.165) is 31.0 Å². The number of aromatic nitrogens is 1. The summed E-state index contributed by atoms with van der Waals surface area (Å²) in [7, 11) is 0. The number of hydrogen-bond acceptors (Lipinski definition) is 4. The summed E-state index contributed by atoms with van der Waals surface area (Å²) in [6, 6.07) is 0.343. The zero-order valence-electron chi connectivity index (χ0n) is 10.1. The summed E-state index contributed by atoms with van der Waals surface area (Å²) in [6.45, 7) is 6.95. The lowest BCUT2D eigenvalue weighted by molar-refractivity contribution is 0.193. The van der Waals surface area contributed by atoms with E-state index < -0.39 is 0 Å². The summed E-state index contributed by atoms with van der Waals surface area (Å²) in [6.07, 6.45) is 0. The molecule has 2 aliphatic heterocycles. The van der Waals surface area contributed by atoms with Gasteiger partial charge in [0.25, 0.3) is 0 Å². The summed E-state index contributed by atoms with van der Waals surface area (Å²) in [5.41, 5.74) is 1.62. The predicted molar refractivity (Wildman–Crippen MR) is 62.1 cm³/mol. The Morgan fingerprint density at radius 1 is 1.47 bits per heavy atom. The maximum absolute atomic E-state index is 12.3. The summed E-state index contributed by atoms with van der Waals surface area (Å²) >= 11 is 0. The predicted octanol–water partition coefficient (Wildman–Crippen LogP) is 0.505. The maximum atomic E-state index is 12.3. The van der Waals surface area contributed by atoms with Crippen molar-refractivity contribution in [1.82, 2.24) is 15.4 Å². The van der Waals surface area contributed by atoms with Gasteiger partial charge in [0.1, 0.15) is 11.4 Å². The lowest BCUT2D eigenvalue weighted by Crippen LogP contribution is -2.49. The number of aryl methyl sites for hydroxylation is 2. The van der Waals surface area contributed by atoms with Gasteiger partial charge in [-0.3, -0.25) is 4.90 Å². The van der Waals surface area contributed by atoms with E-state index in [-0.39, 0.29) is 12.1 Å². The Morgan fingerprint density at radius 2 is 2.29 bits per heavy atom. The molecule has 3 rings (SSSR count). The fourth-order valence-corrected chi connectivity index (χ4v) is 2.67. The Balaban J connectivity index is 1.93. The number of rotatable bonds is 1. The lowest BCUT2D eigenvalue weighted by atomic mass is 10.2. The van der Waals surface area contributed by atoms with E-state index in [1.165, 1.54) is 0 Å². The molecule has 0 radical (unpaired) electrons. The quantitative estimate of drug-likeness (QED) is 0.771. The lowest BCUT2D eigenvalue weighted by Gasteiger charge is -2.28. The van der Waals surface area contributed by atoms with E-state index >= 15 is 0 Å². The SMILES string of the molecule is Cc1noc(C)c1N1CC2CNCCN2C1=O. The normalized spacial score (nSPS) is 24.4. The number of anilines is 1. The average Bonchev–Trinajstić information content (AvgIpc) is 2.82. The standard InChI is InChI=1S/C11H16N4O2/c1-7-10(8(2)17-13-7)15-6-9-5-12-3-4-14(9)11(15)16/h9,12H,3-6H2,1-2H3. The van der Waals surface area contributed by atoms with Gasteiger partial charge in [0.05, 0.1) is 6.04 Å². The molecule has 3 heterocycles. The fourth-order valence-electron chi connectivity index (χ4n) is 2.67. The van der Waals surface area contributed by atoms with Crippen LogP contribution in [0.2, 0.25) is 0 Å². The van der Waals surface area contributed by atoms with Gasteiger partial charge in [-0.1, -0.05) is 5.16 Å². The number of carbonyl (C=O) groups is 1. The first-order valence-corrected chi connectivity index (χ1v) is 5.90. The molecule has 2 amide bonds. The molecule has 6 heteroatoms. The molecule has 1 unspecified atom stereocenters. The highest BCUT2D eigenvalue weighted by molar-refractivity contribution is 5.95. The van der Waals surface area contributed by atoms with Crippen LogP contribution >= 0.6 is 0 Å². The largest absolute Gasteiger partial charge is 0.359 e. The zero-order valence-corrected chi connectivity index (χ0v) is 10.1. The van der Waals surface area contributed by atoms with Gasteiger partial charge in [0.15, 0.2) is 5.76 Å². The van der Waals surface area contributed by atoms with E-state index in [2.05, 4.69) is 10.5 Å². The summed E-state index contributed by atoms with van der Waals surface area (Å²) in [5, 5.41) is 7.22. The van der Waals surface area contributed by atoms with Crippen molar-refractivity contribution in [3.63, 3.8) is 0 Å². The van der Waals surface area contributed by atoms with E-state index in [1.807, 2.05) is 18.7 Å². The minimum Gasteiger partial charge on any atom is -0.359 e. The number of nitrogens with one attached hydrogen (secondary N) is 1. The Kier molecular flexibility index (Phi) is 2.32. The average molecular weight is 236 g/mol. The molecule has 1 aromatic heterocycles. The van der Waals surface area contributed by atoms with Crippen molar-refractivity contribution < 1.29 is 9.32 Å². The number of carbonyl (C=O) groups excluding carboxylic acids is 1. The van der Waals surface area contributed by atoms with E-state index in [0.29, 0.717) is 12.3 Å². The third kappa shape index (κ3) is 1.51. The van der Waals surface area contributed by atoms with Crippen LogP contribution in [-0.4, -0.2) is 48.3 Å². The van der Waals surface area contributed by atoms with Gasteiger partial charge in [-0.25, -0.2) is 4.79 Å². The van der Waals surface area contributed by atoms with Crippen molar-refractivity contribution >= 4 is 11.7 Å². The maximum Gasteiger partial charge on any atom is 0.325 e. The van der Waals surface area contributed by atoms with Crippen LogP contribution in [0, 0.1) is 13.8 Å². The molecular formula is C11H16N4O2. The topological polar surface area (TPSA) is 61.6 Å². The monoisotopic (exact) mass is 236 g/mol. The molecule has 6 nitrogen and oxygen atoms in total. The first-order chi connectivity index (χ1) is 8.18. The smallest absolute Gasteiger partial charge is 0.325 e. The number of urea groups is 1.